The third-order valence-electron chi connectivity index (χ3n) is 3.67. The van der Waals surface area contributed by atoms with Gasteiger partial charge in [0.05, 0.1) is 27.0 Å². The Morgan fingerprint density at radius 3 is 2.63 bits per heavy atom. The number of nitrogen functional groups attached to an aromatic ring is 1. The molecule has 0 fully saturated rings. The number of hydrogen-bond donors (Lipinski definition) is 3. The first kappa shape index (κ1) is 18.7. The van der Waals surface area contributed by atoms with Gasteiger partial charge in [0.1, 0.15) is 0 Å². The van der Waals surface area contributed by atoms with Crippen LogP contribution in [0, 0.1) is 5.82 Å². The van der Waals surface area contributed by atoms with Gasteiger partial charge in [-0.3, -0.25) is 5.32 Å². The lowest BCUT2D eigenvalue weighted by molar-refractivity contribution is 0.209. The van der Waals surface area contributed by atoms with Crippen LogP contribution in [0.5, 0.6) is 0 Å². The van der Waals surface area contributed by atoms with Crippen LogP contribution in [0.15, 0.2) is 30.5 Å². The molecule has 9 heteroatoms. The predicted molar refractivity (Wildman–Crippen MR) is 103 cm³/mol. The molecule has 0 unspecified atom stereocenters. The normalized spacial score (nSPS) is 11.4. The van der Waals surface area contributed by atoms with Crippen molar-refractivity contribution in [3.05, 3.63) is 41.3 Å². The molecule has 0 saturated carbocycles. The van der Waals surface area contributed by atoms with Gasteiger partial charge >= 0.3 is 6.09 Å². The predicted octanol–water partition coefficient (Wildman–Crippen LogP) is 4.38. The highest BCUT2D eigenvalue weighted by Gasteiger charge is 2.26. The topological polar surface area (TPSA) is 114 Å². The average Bonchev–Trinajstić information content (AvgIpc) is 3.02. The summed E-state index contributed by atoms with van der Waals surface area (Å²) in [6.07, 6.45) is 0.181. The highest BCUT2D eigenvalue weighted by atomic mass is 32.1. The number of hydrogen-bond acceptors (Lipinski definition) is 6. The van der Waals surface area contributed by atoms with E-state index in [2.05, 4.69) is 20.3 Å². The molecule has 2 heterocycles. The highest BCUT2D eigenvalue weighted by Crippen LogP contribution is 2.41. The van der Waals surface area contributed by atoms with E-state index in [0.717, 1.165) is 5.01 Å². The second kappa shape index (κ2) is 6.92. The molecule has 3 rings (SSSR count). The van der Waals surface area contributed by atoms with Crippen molar-refractivity contribution in [1.29, 1.82) is 0 Å². The smallest absolute Gasteiger partial charge is 0.409 e. The molecule has 1 amide bonds. The van der Waals surface area contributed by atoms with Crippen LogP contribution in [0.25, 0.3) is 21.8 Å². The Bertz CT molecular complexity index is 1010. The molecule has 0 spiro atoms. The Morgan fingerprint density at radius 1 is 1.26 bits per heavy atom. The van der Waals surface area contributed by atoms with Crippen molar-refractivity contribution >= 4 is 29.1 Å². The third kappa shape index (κ3) is 3.87. The van der Waals surface area contributed by atoms with E-state index in [9.17, 15) is 9.18 Å². The lowest BCUT2D eigenvalue weighted by atomic mass is 9.98. The van der Waals surface area contributed by atoms with Crippen LogP contribution >= 0.6 is 11.3 Å². The quantitative estimate of drug-likeness (QED) is 0.615. The van der Waals surface area contributed by atoms with Crippen LogP contribution in [0.1, 0.15) is 25.8 Å². The first-order chi connectivity index (χ1) is 12.7. The molecule has 0 bridgehead atoms. The Balaban J connectivity index is 2.24. The van der Waals surface area contributed by atoms with Crippen molar-refractivity contribution < 1.29 is 14.3 Å². The fraction of sp³-hybridized carbons (Fsp3) is 0.222. The lowest BCUT2D eigenvalue weighted by Gasteiger charge is -2.13. The van der Waals surface area contributed by atoms with Gasteiger partial charge in [-0.15, -0.1) is 11.3 Å². The number of rotatable bonds is 3. The molecule has 0 aliphatic carbocycles. The lowest BCUT2D eigenvalue weighted by Crippen LogP contribution is -2.10. The molecule has 4 N–H and O–H groups in total. The molecule has 140 valence electrons. The van der Waals surface area contributed by atoms with Gasteiger partial charge < -0.3 is 10.8 Å². The number of carbonyl (C=O) groups is 1. The molecular formula is C18H18FN5O2S. The summed E-state index contributed by atoms with van der Waals surface area (Å²) >= 11 is 1.39. The van der Waals surface area contributed by atoms with Crippen LogP contribution in [0.2, 0.25) is 0 Å². The molecule has 0 aliphatic rings. The van der Waals surface area contributed by atoms with E-state index >= 15 is 0 Å². The maximum Gasteiger partial charge on any atom is 0.409 e. The number of nitrogens with one attached hydrogen (secondary N) is 1. The van der Waals surface area contributed by atoms with Gasteiger partial charge in [0.2, 0.25) is 5.95 Å². The minimum Gasteiger partial charge on any atom is -0.465 e. The van der Waals surface area contributed by atoms with E-state index in [1.165, 1.54) is 23.6 Å². The minimum absolute atomic E-state index is 0.103. The Morgan fingerprint density at radius 2 is 2.00 bits per heavy atom. The molecule has 0 radical (unpaired) electrons. The summed E-state index contributed by atoms with van der Waals surface area (Å²) in [7, 11) is 0. The average molecular weight is 387 g/mol. The molecule has 2 aromatic heterocycles. The summed E-state index contributed by atoms with van der Waals surface area (Å²) in [5.74, 6) is -0.597. The summed E-state index contributed by atoms with van der Waals surface area (Å²) in [5.41, 5.74) is 6.39. The van der Waals surface area contributed by atoms with Crippen molar-refractivity contribution in [1.82, 2.24) is 15.0 Å². The number of amides is 1. The summed E-state index contributed by atoms with van der Waals surface area (Å²) in [4.78, 5) is 24.3. The zero-order chi connectivity index (χ0) is 19.8. The third-order valence-corrected chi connectivity index (χ3v) is 5.17. The van der Waals surface area contributed by atoms with Gasteiger partial charge in [-0.05, 0) is 18.2 Å². The van der Waals surface area contributed by atoms with Crippen molar-refractivity contribution in [3.8, 4) is 21.8 Å². The SMILES string of the molecule is CC(C)(C)c1nc(-c2cccc(NC(=O)O)c2F)c(-c2ccnc(N)n2)s1. The number of nitrogens with two attached hydrogens (primary N) is 1. The second-order valence-electron chi connectivity index (χ2n) is 6.84. The maximum atomic E-state index is 15.0. The number of thiazole rings is 1. The Hall–Kier alpha value is -3.07. The zero-order valence-corrected chi connectivity index (χ0v) is 15.8. The summed E-state index contributed by atoms with van der Waals surface area (Å²) < 4.78 is 15.0. The Kier molecular flexibility index (Phi) is 4.79. The van der Waals surface area contributed by atoms with Crippen LogP contribution in [-0.4, -0.2) is 26.2 Å². The van der Waals surface area contributed by atoms with Gasteiger partial charge in [0.25, 0.3) is 0 Å². The molecule has 3 aromatic rings. The van der Waals surface area contributed by atoms with Gasteiger partial charge in [0, 0.05) is 17.2 Å². The van der Waals surface area contributed by atoms with Crippen LogP contribution < -0.4 is 11.1 Å². The number of nitrogens with zero attached hydrogens (tertiary/aromatic N) is 3. The van der Waals surface area contributed by atoms with Crippen LogP contribution in [0.4, 0.5) is 20.8 Å². The van der Waals surface area contributed by atoms with Crippen molar-refractivity contribution in [3.63, 3.8) is 0 Å². The van der Waals surface area contributed by atoms with E-state index in [4.69, 9.17) is 10.8 Å². The minimum atomic E-state index is -1.34. The fourth-order valence-electron chi connectivity index (χ4n) is 2.42. The molecule has 0 aliphatic heterocycles. The van der Waals surface area contributed by atoms with Crippen LogP contribution in [-0.2, 0) is 5.41 Å². The van der Waals surface area contributed by atoms with E-state index < -0.39 is 11.9 Å². The molecule has 27 heavy (non-hydrogen) atoms. The first-order valence-corrected chi connectivity index (χ1v) is 8.87. The number of anilines is 2. The molecular weight excluding hydrogens is 369 g/mol. The van der Waals surface area contributed by atoms with E-state index in [1.54, 1.807) is 18.2 Å². The molecule has 0 saturated heterocycles. The van der Waals surface area contributed by atoms with Crippen molar-refractivity contribution in [2.45, 2.75) is 26.2 Å². The van der Waals surface area contributed by atoms with Crippen LogP contribution in [0.3, 0.4) is 0 Å². The van der Waals surface area contributed by atoms with E-state index in [0.29, 0.717) is 16.3 Å². The zero-order valence-electron chi connectivity index (χ0n) is 14.9. The standard InChI is InChI=1S/C18H18FN5O2S/c1-18(2,3)15-24-13(14(27-15)11-7-8-21-16(20)22-11)9-5-4-6-10(12(9)19)23-17(25)26/h4-8,23H,1-3H3,(H,25,26)(H2,20,21,22). The molecule has 7 nitrogen and oxygen atoms in total. The Labute approximate surface area is 159 Å². The number of benzene rings is 1. The summed E-state index contributed by atoms with van der Waals surface area (Å²) in [6.45, 7) is 6.02. The number of carboxylic acid groups (broad SMARTS) is 1. The highest BCUT2D eigenvalue weighted by molar-refractivity contribution is 7.15. The van der Waals surface area contributed by atoms with Crippen molar-refractivity contribution in [2.75, 3.05) is 11.1 Å². The summed E-state index contributed by atoms with van der Waals surface area (Å²) in [6, 6.07) is 6.15. The summed E-state index contributed by atoms with van der Waals surface area (Å²) in [5, 5.41) is 11.8. The van der Waals surface area contributed by atoms with Gasteiger partial charge in [-0.2, -0.15) is 0 Å². The van der Waals surface area contributed by atoms with Gasteiger partial charge in [0.15, 0.2) is 5.82 Å². The second-order valence-corrected chi connectivity index (χ2v) is 7.84. The molecule has 0 atom stereocenters. The first-order valence-electron chi connectivity index (χ1n) is 8.06. The number of halogens is 1. The largest absolute Gasteiger partial charge is 0.465 e. The van der Waals surface area contributed by atoms with E-state index in [1.807, 2.05) is 20.8 Å². The van der Waals surface area contributed by atoms with E-state index in [-0.39, 0.29) is 22.6 Å². The maximum absolute atomic E-state index is 15.0. The molecule has 1 aromatic carbocycles. The van der Waals surface area contributed by atoms with Gasteiger partial charge in [-0.25, -0.2) is 24.1 Å². The van der Waals surface area contributed by atoms with Gasteiger partial charge in [-0.1, -0.05) is 26.8 Å². The fourth-order valence-corrected chi connectivity index (χ4v) is 3.53. The van der Waals surface area contributed by atoms with Crippen molar-refractivity contribution in [2.24, 2.45) is 0 Å². The number of aromatic nitrogens is 3. The monoisotopic (exact) mass is 387 g/mol.